The van der Waals surface area contributed by atoms with Gasteiger partial charge in [0.1, 0.15) is 0 Å². The lowest BCUT2D eigenvalue weighted by Crippen LogP contribution is -1.87. The topological polar surface area (TPSA) is 15.8 Å². The lowest BCUT2D eigenvalue weighted by Gasteiger charge is -2.08. The number of fused-ring (bicyclic) bond motifs is 3. The van der Waals surface area contributed by atoms with E-state index in [-0.39, 0.29) is 0 Å². The maximum Gasteiger partial charge on any atom is 0.0471 e. The Morgan fingerprint density at radius 3 is 1.32 bits per heavy atom. The summed E-state index contributed by atoms with van der Waals surface area (Å²) in [6.07, 6.45) is 0. The number of hydrogen-bond donors (Lipinski definition) is 1. The second-order valence-electron chi connectivity index (χ2n) is 9.21. The number of rotatable bonds is 4. The van der Waals surface area contributed by atoms with Crippen molar-refractivity contribution in [2.75, 3.05) is 0 Å². The summed E-state index contributed by atoms with van der Waals surface area (Å²) < 4.78 is 0. The van der Waals surface area contributed by atoms with Crippen LogP contribution in [-0.4, -0.2) is 4.98 Å². The standard InChI is InChI=1S/C30H29N/c1-19(2)21-7-5-9-23(15-21)25-11-13-27-28-14-12-26(18-30(28)31-29(27)17-25)24-10-6-8-22(16-24)20(3)4/h5-20,31H,1-4H3. The Bertz CT molecular complexity index is 1280. The van der Waals surface area contributed by atoms with Crippen molar-refractivity contribution < 1.29 is 0 Å². The first-order chi connectivity index (χ1) is 15.0. The monoisotopic (exact) mass is 403 g/mol. The molecule has 0 saturated carbocycles. The van der Waals surface area contributed by atoms with Crippen molar-refractivity contribution in [1.82, 2.24) is 4.98 Å². The van der Waals surface area contributed by atoms with Gasteiger partial charge in [0.25, 0.3) is 0 Å². The average molecular weight is 404 g/mol. The van der Waals surface area contributed by atoms with E-state index in [9.17, 15) is 0 Å². The van der Waals surface area contributed by atoms with E-state index in [4.69, 9.17) is 0 Å². The quantitative estimate of drug-likeness (QED) is 0.308. The molecule has 31 heavy (non-hydrogen) atoms. The molecule has 0 unspecified atom stereocenters. The Morgan fingerprint density at radius 1 is 0.484 bits per heavy atom. The summed E-state index contributed by atoms with van der Waals surface area (Å²) >= 11 is 0. The van der Waals surface area contributed by atoms with Crippen molar-refractivity contribution in [3.8, 4) is 22.3 Å². The van der Waals surface area contributed by atoms with Gasteiger partial charge in [-0.3, -0.25) is 0 Å². The highest BCUT2D eigenvalue weighted by Crippen LogP contribution is 2.33. The Hall–Kier alpha value is -3.32. The minimum absolute atomic E-state index is 0.532. The summed E-state index contributed by atoms with van der Waals surface area (Å²) in [6.45, 7) is 8.98. The predicted octanol–water partition coefficient (Wildman–Crippen LogP) is 8.90. The van der Waals surface area contributed by atoms with Crippen LogP contribution in [0.25, 0.3) is 44.1 Å². The average Bonchev–Trinajstić information content (AvgIpc) is 3.16. The van der Waals surface area contributed by atoms with Crippen LogP contribution in [0.2, 0.25) is 0 Å². The van der Waals surface area contributed by atoms with Crippen LogP contribution in [0.15, 0.2) is 84.9 Å². The zero-order chi connectivity index (χ0) is 21.5. The first-order valence-corrected chi connectivity index (χ1v) is 11.3. The lowest BCUT2D eigenvalue weighted by molar-refractivity contribution is 0.867. The zero-order valence-corrected chi connectivity index (χ0v) is 18.7. The number of hydrogen-bond acceptors (Lipinski definition) is 0. The third-order valence-electron chi connectivity index (χ3n) is 6.37. The molecule has 1 heterocycles. The van der Waals surface area contributed by atoms with Gasteiger partial charge in [-0.05, 0) is 57.3 Å². The molecule has 4 aromatic carbocycles. The molecular formula is C30H29N. The SMILES string of the molecule is CC(C)c1cccc(-c2ccc3c(c2)[nH]c2cc(-c4cccc(C(C)C)c4)ccc23)c1. The zero-order valence-electron chi connectivity index (χ0n) is 18.7. The van der Waals surface area contributed by atoms with Gasteiger partial charge < -0.3 is 4.98 Å². The summed E-state index contributed by atoms with van der Waals surface area (Å²) in [6, 6.07) is 31.4. The van der Waals surface area contributed by atoms with Crippen molar-refractivity contribution in [3.05, 3.63) is 96.1 Å². The van der Waals surface area contributed by atoms with Crippen molar-refractivity contribution in [2.45, 2.75) is 39.5 Å². The number of aromatic nitrogens is 1. The van der Waals surface area contributed by atoms with E-state index < -0.39 is 0 Å². The van der Waals surface area contributed by atoms with Crippen molar-refractivity contribution in [2.24, 2.45) is 0 Å². The number of H-pyrrole nitrogens is 1. The van der Waals surface area contributed by atoms with Crippen LogP contribution in [0.5, 0.6) is 0 Å². The molecule has 0 fully saturated rings. The largest absolute Gasteiger partial charge is 0.354 e. The molecule has 0 saturated heterocycles. The maximum absolute atomic E-state index is 3.67. The molecule has 0 radical (unpaired) electrons. The molecule has 0 aliphatic carbocycles. The van der Waals surface area contributed by atoms with Crippen LogP contribution < -0.4 is 0 Å². The van der Waals surface area contributed by atoms with Crippen LogP contribution in [0.1, 0.15) is 50.7 Å². The highest BCUT2D eigenvalue weighted by molar-refractivity contribution is 6.09. The van der Waals surface area contributed by atoms with Gasteiger partial charge in [0.15, 0.2) is 0 Å². The highest BCUT2D eigenvalue weighted by Gasteiger charge is 2.09. The van der Waals surface area contributed by atoms with E-state index in [1.165, 1.54) is 55.2 Å². The summed E-state index contributed by atoms with van der Waals surface area (Å²) in [5.74, 6) is 1.06. The molecule has 0 spiro atoms. The highest BCUT2D eigenvalue weighted by atomic mass is 14.7. The fourth-order valence-corrected chi connectivity index (χ4v) is 4.42. The molecule has 0 aliphatic heterocycles. The lowest BCUT2D eigenvalue weighted by atomic mass is 9.96. The van der Waals surface area contributed by atoms with Gasteiger partial charge in [-0.15, -0.1) is 0 Å². The Morgan fingerprint density at radius 2 is 0.903 bits per heavy atom. The van der Waals surface area contributed by atoms with E-state index in [1.54, 1.807) is 0 Å². The first kappa shape index (κ1) is 19.6. The predicted molar refractivity (Wildman–Crippen MR) is 135 cm³/mol. The molecule has 0 amide bonds. The molecule has 154 valence electrons. The fourth-order valence-electron chi connectivity index (χ4n) is 4.42. The van der Waals surface area contributed by atoms with Gasteiger partial charge in [0.2, 0.25) is 0 Å². The number of benzene rings is 4. The van der Waals surface area contributed by atoms with Crippen molar-refractivity contribution in [1.29, 1.82) is 0 Å². The van der Waals surface area contributed by atoms with Gasteiger partial charge >= 0.3 is 0 Å². The summed E-state index contributed by atoms with van der Waals surface area (Å²) in [5.41, 5.74) is 10.2. The van der Waals surface area contributed by atoms with Crippen LogP contribution in [0.4, 0.5) is 0 Å². The van der Waals surface area contributed by atoms with Gasteiger partial charge in [0.05, 0.1) is 0 Å². The fraction of sp³-hybridized carbons (Fsp3) is 0.200. The van der Waals surface area contributed by atoms with E-state index in [0.717, 1.165) is 0 Å². The summed E-state index contributed by atoms with van der Waals surface area (Å²) in [7, 11) is 0. The van der Waals surface area contributed by atoms with Gasteiger partial charge in [-0.2, -0.15) is 0 Å². The van der Waals surface area contributed by atoms with Crippen molar-refractivity contribution in [3.63, 3.8) is 0 Å². The number of aromatic amines is 1. The maximum atomic E-state index is 3.67. The third-order valence-corrected chi connectivity index (χ3v) is 6.37. The van der Waals surface area contributed by atoms with Gasteiger partial charge in [-0.1, -0.05) is 100 Å². The van der Waals surface area contributed by atoms with Crippen LogP contribution in [0.3, 0.4) is 0 Å². The molecule has 1 heteroatoms. The van der Waals surface area contributed by atoms with Crippen LogP contribution in [-0.2, 0) is 0 Å². The van der Waals surface area contributed by atoms with Crippen molar-refractivity contribution >= 4 is 21.8 Å². The molecular weight excluding hydrogens is 374 g/mol. The van der Waals surface area contributed by atoms with E-state index in [2.05, 4.69) is 118 Å². The molecule has 5 rings (SSSR count). The smallest absolute Gasteiger partial charge is 0.0471 e. The minimum Gasteiger partial charge on any atom is -0.354 e. The van der Waals surface area contributed by atoms with Gasteiger partial charge in [0, 0.05) is 21.8 Å². The molecule has 0 bridgehead atoms. The molecule has 0 aliphatic rings. The molecule has 5 aromatic rings. The van der Waals surface area contributed by atoms with E-state index in [1.807, 2.05) is 0 Å². The third kappa shape index (κ3) is 3.65. The molecule has 0 atom stereocenters. The Kier molecular flexibility index (Phi) is 4.90. The Balaban J connectivity index is 1.58. The van der Waals surface area contributed by atoms with Crippen LogP contribution in [0, 0.1) is 0 Å². The number of nitrogens with one attached hydrogen (secondary N) is 1. The van der Waals surface area contributed by atoms with Crippen LogP contribution >= 0.6 is 0 Å². The molecule has 1 N–H and O–H groups in total. The first-order valence-electron chi connectivity index (χ1n) is 11.3. The Labute approximate surface area is 184 Å². The minimum atomic E-state index is 0.532. The van der Waals surface area contributed by atoms with E-state index in [0.29, 0.717) is 11.8 Å². The normalized spacial score (nSPS) is 11.8. The summed E-state index contributed by atoms with van der Waals surface area (Å²) in [5, 5.41) is 2.56. The van der Waals surface area contributed by atoms with E-state index >= 15 is 0 Å². The summed E-state index contributed by atoms with van der Waals surface area (Å²) in [4.78, 5) is 3.67. The second-order valence-corrected chi connectivity index (χ2v) is 9.21. The second kappa shape index (κ2) is 7.74. The van der Waals surface area contributed by atoms with Gasteiger partial charge in [-0.25, -0.2) is 0 Å². The molecule has 1 aromatic heterocycles. The molecule has 1 nitrogen and oxygen atoms in total.